The van der Waals surface area contributed by atoms with E-state index in [1.807, 2.05) is 31.2 Å². The van der Waals surface area contributed by atoms with Crippen molar-refractivity contribution in [2.24, 2.45) is 0 Å². The number of anilines is 1. The van der Waals surface area contributed by atoms with Crippen LogP contribution in [0.5, 0.6) is 0 Å². The second-order valence-electron chi connectivity index (χ2n) is 9.50. The first-order chi connectivity index (χ1) is 18.5. The van der Waals surface area contributed by atoms with Crippen LogP contribution < -0.4 is 9.88 Å². The number of aryl methyl sites for hydroxylation is 3. The summed E-state index contributed by atoms with van der Waals surface area (Å²) in [6, 6.07) is 14.0. The van der Waals surface area contributed by atoms with Crippen LogP contribution >= 0.6 is 0 Å². The number of rotatable bonds is 10. The Labute approximate surface area is 225 Å². The van der Waals surface area contributed by atoms with Crippen LogP contribution in [0.3, 0.4) is 0 Å². The average Bonchev–Trinajstić information content (AvgIpc) is 2.92. The molecule has 1 aliphatic rings. The Bertz CT molecular complexity index is 1450. The van der Waals surface area contributed by atoms with Crippen molar-refractivity contribution in [3.63, 3.8) is 0 Å². The number of nitrogens with one attached hydrogen (secondary N) is 1. The second kappa shape index (κ2) is 12.3. The molecule has 5 heteroatoms. The van der Waals surface area contributed by atoms with Gasteiger partial charge >= 0.3 is 0 Å². The van der Waals surface area contributed by atoms with Crippen molar-refractivity contribution >= 4 is 23.0 Å². The molecule has 0 radical (unpaired) electrons. The maximum atomic E-state index is 11.6. The molecule has 0 saturated carbocycles. The van der Waals surface area contributed by atoms with Crippen LogP contribution in [0.2, 0.25) is 0 Å². The Morgan fingerprint density at radius 1 is 1.21 bits per heavy atom. The molecule has 5 nitrogen and oxygen atoms in total. The SMILES string of the molecule is C=C(/C=C\C=C/C)c1c(CCC)ccc2c1-c1cc(/C=C/Cc3c(NC)cccc3[N+](=O)[O-])cc[n+]1CC2. The van der Waals surface area contributed by atoms with Crippen molar-refractivity contribution < 1.29 is 9.49 Å². The molecular formula is C33H36N3O2+. The fourth-order valence-electron chi connectivity index (χ4n) is 5.21. The lowest BCUT2D eigenvalue weighted by molar-refractivity contribution is -0.687. The summed E-state index contributed by atoms with van der Waals surface area (Å²) in [5.41, 5.74) is 10.0. The van der Waals surface area contributed by atoms with E-state index in [9.17, 15) is 10.1 Å². The quantitative estimate of drug-likeness (QED) is 0.134. The molecule has 3 aromatic rings. The van der Waals surface area contributed by atoms with E-state index < -0.39 is 0 Å². The number of hydrogen-bond donors (Lipinski definition) is 1. The van der Waals surface area contributed by atoms with Crippen molar-refractivity contribution in [1.82, 2.24) is 0 Å². The highest BCUT2D eigenvalue weighted by Crippen LogP contribution is 2.37. The Hall–Kier alpha value is -4.25. The fraction of sp³-hybridized carbons (Fsp3) is 0.242. The van der Waals surface area contributed by atoms with E-state index in [-0.39, 0.29) is 10.6 Å². The van der Waals surface area contributed by atoms with Gasteiger partial charge in [-0.1, -0.05) is 74.6 Å². The topological polar surface area (TPSA) is 59.1 Å². The summed E-state index contributed by atoms with van der Waals surface area (Å²) < 4.78 is 2.32. The molecule has 1 aromatic heterocycles. The molecule has 0 spiro atoms. The van der Waals surface area contributed by atoms with Crippen molar-refractivity contribution in [2.45, 2.75) is 46.1 Å². The lowest BCUT2D eigenvalue weighted by Gasteiger charge is -2.21. The Morgan fingerprint density at radius 2 is 2.05 bits per heavy atom. The Kier molecular flexibility index (Phi) is 8.70. The van der Waals surface area contributed by atoms with Crippen LogP contribution in [0.15, 0.2) is 85.6 Å². The van der Waals surface area contributed by atoms with Gasteiger partial charge in [-0.25, -0.2) is 0 Å². The van der Waals surface area contributed by atoms with E-state index >= 15 is 0 Å². The molecule has 0 saturated heterocycles. The van der Waals surface area contributed by atoms with Gasteiger partial charge in [0, 0.05) is 37.4 Å². The van der Waals surface area contributed by atoms with Crippen LogP contribution in [0.25, 0.3) is 22.9 Å². The standard InChI is InChI=1S/C33H36N3O2/c1-5-7-8-12-24(3)32-26(11-6-2)17-18-27-20-22-35-21-19-25(23-31(35)33(27)32)13-9-14-28-29(34-4)15-10-16-30(28)36(37)38/h5,7-10,12-13,15-19,21,23,34H,3,6,11,14,20,22H2,1-2,4H3/q+1/b7-5-,12-8-,13-9+. The third kappa shape index (κ3) is 5.67. The summed E-state index contributed by atoms with van der Waals surface area (Å²) in [4.78, 5) is 11.3. The predicted molar refractivity (Wildman–Crippen MR) is 158 cm³/mol. The predicted octanol–water partition coefficient (Wildman–Crippen LogP) is 7.50. The third-order valence-corrected chi connectivity index (χ3v) is 7.01. The number of nitro benzene ring substituents is 1. The molecule has 1 N–H and O–H groups in total. The Balaban J connectivity index is 1.74. The van der Waals surface area contributed by atoms with Crippen molar-refractivity contribution in [3.8, 4) is 11.3 Å². The third-order valence-electron chi connectivity index (χ3n) is 7.01. The number of pyridine rings is 1. The maximum absolute atomic E-state index is 11.6. The summed E-state index contributed by atoms with van der Waals surface area (Å²) in [6.45, 7) is 9.62. The number of fused-ring (bicyclic) bond motifs is 3. The second-order valence-corrected chi connectivity index (χ2v) is 9.50. The molecule has 2 heterocycles. The minimum absolute atomic E-state index is 0.133. The first kappa shape index (κ1) is 26.8. The zero-order valence-corrected chi connectivity index (χ0v) is 22.5. The van der Waals surface area contributed by atoms with E-state index in [0.717, 1.165) is 42.6 Å². The minimum atomic E-state index is -0.316. The van der Waals surface area contributed by atoms with Crippen LogP contribution in [0.4, 0.5) is 11.4 Å². The molecule has 0 unspecified atom stereocenters. The van der Waals surface area contributed by atoms with Crippen LogP contribution in [-0.4, -0.2) is 12.0 Å². The first-order valence-corrected chi connectivity index (χ1v) is 13.3. The summed E-state index contributed by atoms with van der Waals surface area (Å²) in [6.07, 6.45) is 17.9. The maximum Gasteiger partial charge on any atom is 0.274 e. The molecule has 38 heavy (non-hydrogen) atoms. The van der Waals surface area contributed by atoms with Crippen LogP contribution in [0, 0.1) is 10.1 Å². The van der Waals surface area contributed by atoms with E-state index in [4.69, 9.17) is 0 Å². The van der Waals surface area contributed by atoms with Crippen molar-refractivity contribution in [2.75, 3.05) is 12.4 Å². The van der Waals surface area contributed by atoms with Gasteiger partial charge in [-0.2, -0.15) is 4.57 Å². The van der Waals surface area contributed by atoms with Gasteiger partial charge in [-0.15, -0.1) is 0 Å². The zero-order valence-electron chi connectivity index (χ0n) is 22.5. The van der Waals surface area contributed by atoms with Gasteiger partial charge < -0.3 is 5.32 Å². The largest absolute Gasteiger partial charge is 0.388 e. The van der Waals surface area contributed by atoms with Gasteiger partial charge in [-0.3, -0.25) is 10.1 Å². The molecule has 0 bridgehead atoms. The zero-order chi connectivity index (χ0) is 27.1. The number of aromatic nitrogens is 1. The smallest absolute Gasteiger partial charge is 0.274 e. The van der Waals surface area contributed by atoms with E-state index in [2.05, 4.69) is 72.1 Å². The fourth-order valence-corrected chi connectivity index (χ4v) is 5.21. The molecule has 194 valence electrons. The lowest BCUT2D eigenvalue weighted by Crippen LogP contribution is -2.40. The lowest BCUT2D eigenvalue weighted by atomic mass is 9.84. The highest BCUT2D eigenvalue weighted by atomic mass is 16.6. The summed E-state index contributed by atoms with van der Waals surface area (Å²) in [5.74, 6) is 0. The molecule has 2 aromatic carbocycles. The first-order valence-electron chi connectivity index (χ1n) is 13.3. The minimum Gasteiger partial charge on any atom is -0.388 e. The van der Waals surface area contributed by atoms with Crippen LogP contribution in [0.1, 0.15) is 48.1 Å². The average molecular weight is 507 g/mol. The molecule has 1 aliphatic heterocycles. The van der Waals surface area contributed by atoms with Gasteiger partial charge in [0.2, 0.25) is 5.69 Å². The van der Waals surface area contributed by atoms with E-state index in [1.54, 1.807) is 19.2 Å². The number of nitro groups is 1. The highest BCUT2D eigenvalue weighted by molar-refractivity contribution is 5.87. The normalized spacial score (nSPS) is 12.7. The summed E-state index contributed by atoms with van der Waals surface area (Å²) in [7, 11) is 1.79. The number of nitrogens with zero attached hydrogens (tertiary/aromatic N) is 2. The summed E-state index contributed by atoms with van der Waals surface area (Å²) in [5, 5.41) is 14.7. The molecule has 4 rings (SSSR count). The molecule has 0 amide bonds. The molecule has 0 fully saturated rings. The van der Waals surface area contributed by atoms with Gasteiger partial charge in [0.25, 0.3) is 5.69 Å². The van der Waals surface area contributed by atoms with Gasteiger partial charge in [0.15, 0.2) is 12.7 Å². The van der Waals surface area contributed by atoms with Gasteiger partial charge in [0.1, 0.15) is 0 Å². The number of benzene rings is 2. The van der Waals surface area contributed by atoms with E-state index in [0.29, 0.717) is 12.0 Å². The van der Waals surface area contributed by atoms with E-state index in [1.165, 1.54) is 27.9 Å². The monoisotopic (exact) mass is 506 g/mol. The molecular weight excluding hydrogens is 470 g/mol. The van der Waals surface area contributed by atoms with Crippen molar-refractivity contribution in [1.29, 1.82) is 0 Å². The highest BCUT2D eigenvalue weighted by Gasteiger charge is 2.27. The van der Waals surface area contributed by atoms with Gasteiger partial charge in [-0.05, 0) is 53.7 Å². The van der Waals surface area contributed by atoms with Gasteiger partial charge in [0.05, 0.1) is 16.1 Å². The number of hydrogen-bond acceptors (Lipinski definition) is 3. The molecule has 0 atom stereocenters. The van der Waals surface area contributed by atoms with Crippen molar-refractivity contribution in [3.05, 3.63) is 124 Å². The summed E-state index contributed by atoms with van der Waals surface area (Å²) >= 11 is 0. The number of allylic oxidation sites excluding steroid dienone is 6. The Morgan fingerprint density at radius 3 is 2.79 bits per heavy atom. The molecule has 0 aliphatic carbocycles. The van der Waals surface area contributed by atoms with Crippen LogP contribution in [-0.2, 0) is 25.8 Å².